The van der Waals surface area contributed by atoms with E-state index in [1.165, 1.54) is 17.4 Å². The zero-order chi connectivity index (χ0) is 11.5. The average molecular weight is 257 g/mol. The summed E-state index contributed by atoms with van der Waals surface area (Å²) >= 11 is 7.25. The van der Waals surface area contributed by atoms with Gasteiger partial charge in [0.2, 0.25) is 0 Å². The number of rotatable bonds is 3. The molecule has 16 heavy (non-hydrogen) atoms. The van der Waals surface area contributed by atoms with Crippen LogP contribution in [0.1, 0.15) is 5.69 Å². The predicted octanol–water partition coefficient (Wildman–Crippen LogP) is 3.32. The Hall–Kier alpha value is -0.970. The van der Waals surface area contributed by atoms with Crippen molar-refractivity contribution in [3.8, 4) is 10.6 Å². The monoisotopic (exact) mass is 256 g/mol. The Morgan fingerprint density at radius 2 is 2.31 bits per heavy atom. The van der Waals surface area contributed by atoms with Crippen molar-refractivity contribution >= 4 is 22.9 Å². The van der Waals surface area contributed by atoms with E-state index < -0.39 is 5.82 Å². The molecule has 0 atom stereocenters. The SMILES string of the molecule is CNCc1csc(-c2ccc(F)c(Cl)c2)n1. The average Bonchev–Trinajstić information content (AvgIpc) is 2.71. The highest BCUT2D eigenvalue weighted by atomic mass is 35.5. The van der Waals surface area contributed by atoms with Gasteiger partial charge in [-0.05, 0) is 25.2 Å². The fourth-order valence-corrected chi connectivity index (χ4v) is 2.33. The van der Waals surface area contributed by atoms with Gasteiger partial charge in [-0.15, -0.1) is 11.3 Å². The van der Waals surface area contributed by atoms with E-state index in [1.54, 1.807) is 12.1 Å². The molecule has 0 fully saturated rings. The van der Waals surface area contributed by atoms with Crippen LogP contribution >= 0.6 is 22.9 Å². The van der Waals surface area contributed by atoms with Crippen LogP contribution in [0.3, 0.4) is 0 Å². The van der Waals surface area contributed by atoms with E-state index in [4.69, 9.17) is 11.6 Å². The van der Waals surface area contributed by atoms with E-state index in [-0.39, 0.29) is 5.02 Å². The third-order valence-electron chi connectivity index (χ3n) is 2.08. The second kappa shape index (κ2) is 4.91. The smallest absolute Gasteiger partial charge is 0.141 e. The molecule has 2 rings (SSSR count). The van der Waals surface area contributed by atoms with Crippen LogP contribution in [-0.4, -0.2) is 12.0 Å². The molecular formula is C11H10ClFN2S. The van der Waals surface area contributed by atoms with Gasteiger partial charge in [-0.25, -0.2) is 9.37 Å². The van der Waals surface area contributed by atoms with E-state index in [2.05, 4.69) is 10.3 Å². The number of nitrogens with zero attached hydrogens (tertiary/aromatic N) is 1. The van der Waals surface area contributed by atoms with Gasteiger partial charge in [0.15, 0.2) is 0 Å². The minimum atomic E-state index is -0.405. The molecule has 2 aromatic rings. The van der Waals surface area contributed by atoms with Crippen molar-refractivity contribution < 1.29 is 4.39 Å². The van der Waals surface area contributed by atoms with Crippen LogP contribution in [0, 0.1) is 5.82 Å². The first-order valence-electron chi connectivity index (χ1n) is 4.75. The van der Waals surface area contributed by atoms with Crippen molar-refractivity contribution in [1.82, 2.24) is 10.3 Å². The Morgan fingerprint density at radius 1 is 1.50 bits per heavy atom. The normalized spacial score (nSPS) is 10.7. The second-order valence-corrected chi connectivity index (χ2v) is 4.57. The van der Waals surface area contributed by atoms with Crippen LogP contribution in [0.5, 0.6) is 0 Å². The predicted molar refractivity (Wildman–Crippen MR) is 65.3 cm³/mol. The molecule has 0 aliphatic rings. The Morgan fingerprint density at radius 3 is 3.00 bits per heavy atom. The molecule has 5 heteroatoms. The summed E-state index contributed by atoms with van der Waals surface area (Å²) in [4.78, 5) is 4.42. The molecule has 0 bridgehead atoms. The van der Waals surface area contributed by atoms with Gasteiger partial charge in [-0.3, -0.25) is 0 Å². The molecule has 0 unspecified atom stereocenters. The standard InChI is InChI=1S/C11H10ClFN2S/c1-14-5-8-6-16-11(15-8)7-2-3-10(13)9(12)4-7/h2-4,6,14H,5H2,1H3. The third kappa shape index (κ3) is 2.40. The van der Waals surface area contributed by atoms with Crippen molar-refractivity contribution in [2.24, 2.45) is 0 Å². The number of benzene rings is 1. The lowest BCUT2D eigenvalue weighted by Gasteiger charge is -1.98. The molecule has 0 saturated heterocycles. The fourth-order valence-electron chi connectivity index (χ4n) is 1.33. The van der Waals surface area contributed by atoms with Gasteiger partial charge in [-0.2, -0.15) is 0 Å². The summed E-state index contributed by atoms with van der Waals surface area (Å²) < 4.78 is 13.0. The lowest BCUT2D eigenvalue weighted by molar-refractivity contribution is 0.628. The Kier molecular flexibility index (Phi) is 3.53. The molecule has 1 heterocycles. The molecule has 0 spiro atoms. The van der Waals surface area contributed by atoms with Gasteiger partial charge in [-0.1, -0.05) is 11.6 Å². The number of thiazole rings is 1. The minimum Gasteiger partial charge on any atom is -0.314 e. The highest BCUT2D eigenvalue weighted by Crippen LogP contribution is 2.27. The molecule has 1 N–H and O–H groups in total. The van der Waals surface area contributed by atoms with Gasteiger partial charge in [0.25, 0.3) is 0 Å². The highest BCUT2D eigenvalue weighted by molar-refractivity contribution is 7.13. The Bertz CT molecular complexity index is 498. The van der Waals surface area contributed by atoms with Crippen molar-refractivity contribution in [2.45, 2.75) is 6.54 Å². The van der Waals surface area contributed by atoms with Crippen LogP contribution in [0.2, 0.25) is 5.02 Å². The fraction of sp³-hybridized carbons (Fsp3) is 0.182. The van der Waals surface area contributed by atoms with Crippen LogP contribution in [0.15, 0.2) is 23.6 Å². The lowest BCUT2D eigenvalue weighted by atomic mass is 10.2. The number of nitrogens with one attached hydrogen (secondary N) is 1. The number of halogens is 2. The van der Waals surface area contributed by atoms with E-state index >= 15 is 0 Å². The minimum absolute atomic E-state index is 0.128. The highest BCUT2D eigenvalue weighted by Gasteiger charge is 2.07. The summed E-state index contributed by atoms with van der Waals surface area (Å²) in [7, 11) is 1.87. The summed E-state index contributed by atoms with van der Waals surface area (Å²) in [5.41, 5.74) is 1.82. The van der Waals surface area contributed by atoms with Crippen LogP contribution < -0.4 is 5.32 Å². The molecule has 0 aliphatic heterocycles. The lowest BCUT2D eigenvalue weighted by Crippen LogP contribution is -2.04. The second-order valence-electron chi connectivity index (χ2n) is 3.30. The number of hydrogen-bond donors (Lipinski definition) is 1. The van der Waals surface area contributed by atoms with Crippen LogP contribution in [0.4, 0.5) is 4.39 Å². The summed E-state index contributed by atoms with van der Waals surface area (Å²) in [6, 6.07) is 4.64. The molecule has 0 amide bonds. The van der Waals surface area contributed by atoms with Crippen molar-refractivity contribution in [3.63, 3.8) is 0 Å². The number of aromatic nitrogens is 1. The number of hydrogen-bond acceptors (Lipinski definition) is 3. The molecule has 1 aromatic carbocycles. The third-order valence-corrected chi connectivity index (χ3v) is 3.31. The summed E-state index contributed by atoms with van der Waals surface area (Å²) in [6.07, 6.45) is 0. The summed E-state index contributed by atoms with van der Waals surface area (Å²) in [5.74, 6) is -0.405. The quantitative estimate of drug-likeness (QED) is 0.911. The maximum atomic E-state index is 13.0. The van der Waals surface area contributed by atoms with Gasteiger partial charge < -0.3 is 5.32 Å². The Labute approximate surface area is 102 Å². The molecule has 2 nitrogen and oxygen atoms in total. The van der Waals surface area contributed by atoms with Gasteiger partial charge in [0.05, 0.1) is 10.7 Å². The van der Waals surface area contributed by atoms with Crippen molar-refractivity contribution in [2.75, 3.05) is 7.05 Å². The van der Waals surface area contributed by atoms with Crippen LogP contribution in [-0.2, 0) is 6.54 Å². The van der Waals surface area contributed by atoms with E-state index in [0.29, 0.717) is 0 Å². The summed E-state index contributed by atoms with van der Waals surface area (Å²) in [5, 5.41) is 5.98. The first-order chi connectivity index (χ1) is 7.70. The largest absolute Gasteiger partial charge is 0.314 e. The van der Waals surface area contributed by atoms with Gasteiger partial charge >= 0.3 is 0 Å². The first kappa shape index (κ1) is 11.5. The maximum absolute atomic E-state index is 13.0. The van der Waals surface area contributed by atoms with Crippen molar-refractivity contribution in [1.29, 1.82) is 0 Å². The molecule has 84 valence electrons. The van der Waals surface area contributed by atoms with Gasteiger partial charge in [0.1, 0.15) is 10.8 Å². The zero-order valence-corrected chi connectivity index (χ0v) is 10.2. The summed E-state index contributed by atoms with van der Waals surface area (Å²) in [6.45, 7) is 0.728. The van der Waals surface area contributed by atoms with Crippen molar-refractivity contribution in [3.05, 3.63) is 40.1 Å². The van der Waals surface area contributed by atoms with E-state index in [9.17, 15) is 4.39 Å². The molecule has 1 aromatic heterocycles. The van der Waals surface area contributed by atoms with E-state index in [0.717, 1.165) is 22.8 Å². The molecular weight excluding hydrogens is 247 g/mol. The molecule has 0 saturated carbocycles. The molecule has 0 radical (unpaired) electrons. The maximum Gasteiger partial charge on any atom is 0.141 e. The van der Waals surface area contributed by atoms with E-state index in [1.807, 2.05) is 12.4 Å². The zero-order valence-electron chi connectivity index (χ0n) is 8.63. The Balaban J connectivity index is 2.31. The molecule has 0 aliphatic carbocycles. The first-order valence-corrected chi connectivity index (χ1v) is 6.01. The van der Waals surface area contributed by atoms with Gasteiger partial charge in [0, 0.05) is 17.5 Å². The topological polar surface area (TPSA) is 24.9 Å². The van der Waals surface area contributed by atoms with Crippen LogP contribution in [0.25, 0.3) is 10.6 Å².